The molecule has 102 valence electrons. The Kier molecular flexibility index (Phi) is 4.89. The largest absolute Gasteiger partial charge is 0.377 e. The van der Waals surface area contributed by atoms with Crippen LogP contribution in [0.2, 0.25) is 0 Å². The highest BCUT2D eigenvalue weighted by Crippen LogP contribution is 2.17. The third kappa shape index (κ3) is 4.02. The predicted molar refractivity (Wildman–Crippen MR) is 71.0 cm³/mol. The van der Waals surface area contributed by atoms with Gasteiger partial charge in [0.25, 0.3) is 0 Å². The van der Waals surface area contributed by atoms with Crippen molar-refractivity contribution < 1.29 is 9.13 Å². The van der Waals surface area contributed by atoms with E-state index in [9.17, 15) is 4.39 Å². The summed E-state index contributed by atoms with van der Waals surface area (Å²) in [6, 6.07) is 6.52. The zero-order valence-corrected chi connectivity index (χ0v) is 11.2. The molecule has 0 aromatic heterocycles. The van der Waals surface area contributed by atoms with Gasteiger partial charge in [0.15, 0.2) is 0 Å². The molecule has 0 saturated carbocycles. The summed E-state index contributed by atoms with van der Waals surface area (Å²) >= 11 is 0. The Morgan fingerprint density at radius 2 is 2.32 bits per heavy atom. The maximum Gasteiger partial charge on any atom is 0.124 e. The summed E-state index contributed by atoms with van der Waals surface area (Å²) in [6.45, 7) is 5.30. The molecule has 0 bridgehead atoms. The molecule has 1 aliphatic heterocycles. The Morgan fingerprint density at radius 3 is 3.05 bits per heavy atom. The molecule has 19 heavy (non-hydrogen) atoms. The van der Waals surface area contributed by atoms with Crippen LogP contribution in [-0.4, -0.2) is 30.7 Å². The van der Waals surface area contributed by atoms with Gasteiger partial charge < -0.3 is 4.74 Å². The molecule has 0 radical (unpaired) electrons. The highest BCUT2D eigenvalue weighted by atomic mass is 19.1. The predicted octanol–water partition coefficient (Wildman–Crippen LogP) is 2.70. The zero-order chi connectivity index (χ0) is 13.7. The number of ether oxygens (including phenoxy) is 1. The molecule has 1 atom stereocenters. The van der Waals surface area contributed by atoms with Gasteiger partial charge in [0, 0.05) is 19.7 Å². The van der Waals surface area contributed by atoms with E-state index in [0.29, 0.717) is 12.1 Å². The number of piperidine rings is 1. The van der Waals surface area contributed by atoms with Crippen molar-refractivity contribution in [3.05, 3.63) is 35.1 Å². The van der Waals surface area contributed by atoms with Gasteiger partial charge in [0.1, 0.15) is 5.82 Å². The fourth-order valence-electron chi connectivity index (χ4n) is 2.59. The average molecular weight is 262 g/mol. The molecule has 0 aliphatic carbocycles. The molecule has 1 aromatic rings. The van der Waals surface area contributed by atoms with Crippen LogP contribution in [0, 0.1) is 17.1 Å². The Balaban J connectivity index is 2.00. The fourth-order valence-corrected chi connectivity index (χ4v) is 2.59. The van der Waals surface area contributed by atoms with E-state index >= 15 is 0 Å². The lowest BCUT2D eigenvalue weighted by atomic mass is 10.1. The molecule has 0 amide bonds. The zero-order valence-electron chi connectivity index (χ0n) is 11.2. The number of halogens is 1. The minimum Gasteiger partial charge on any atom is -0.377 e. The molecule has 1 unspecified atom stereocenters. The second-order valence-corrected chi connectivity index (χ2v) is 4.91. The van der Waals surface area contributed by atoms with Crippen molar-refractivity contribution in [1.82, 2.24) is 4.90 Å². The normalized spacial score (nSPS) is 20.2. The fraction of sp³-hybridized carbons (Fsp3) is 0.533. The van der Waals surface area contributed by atoms with Gasteiger partial charge in [-0.1, -0.05) is 0 Å². The van der Waals surface area contributed by atoms with Crippen LogP contribution in [0.3, 0.4) is 0 Å². The molecule has 1 heterocycles. The van der Waals surface area contributed by atoms with Gasteiger partial charge in [-0.15, -0.1) is 0 Å². The van der Waals surface area contributed by atoms with E-state index in [4.69, 9.17) is 10.00 Å². The van der Waals surface area contributed by atoms with Crippen LogP contribution in [-0.2, 0) is 11.3 Å². The molecule has 1 aromatic carbocycles. The van der Waals surface area contributed by atoms with Crippen LogP contribution >= 0.6 is 0 Å². The standard InChI is InChI=1S/C15H19FN2O/c1-2-19-15-4-3-5-18(11-15)10-13-6-12(9-17)7-14(16)8-13/h6-8,15H,2-5,10-11H2,1H3. The first-order chi connectivity index (χ1) is 9.21. The molecule has 1 aliphatic rings. The number of nitriles is 1. The number of nitrogens with zero attached hydrogens (tertiary/aromatic N) is 2. The third-order valence-electron chi connectivity index (χ3n) is 3.36. The van der Waals surface area contributed by atoms with E-state index < -0.39 is 0 Å². The lowest BCUT2D eigenvalue weighted by Crippen LogP contribution is -2.39. The smallest absolute Gasteiger partial charge is 0.124 e. The summed E-state index contributed by atoms with van der Waals surface area (Å²) in [7, 11) is 0. The number of benzene rings is 1. The van der Waals surface area contributed by atoms with Crippen molar-refractivity contribution in [3.63, 3.8) is 0 Å². The van der Waals surface area contributed by atoms with Gasteiger partial charge in [-0.3, -0.25) is 4.90 Å². The third-order valence-corrected chi connectivity index (χ3v) is 3.36. The highest BCUT2D eigenvalue weighted by Gasteiger charge is 2.20. The summed E-state index contributed by atoms with van der Waals surface area (Å²) in [5.41, 5.74) is 1.24. The summed E-state index contributed by atoms with van der Waals surface area (Å²) in [4.78, 5) is 2.26. The van der Waals surface area contributed by atoms with Crippen LogP contribution in [0.5, 0.6) is 0 Å². The van der Waals surface area contributed by atoms with E-state index in [-0.39, 0.29) is 11.9 Å². The minimum atomic E-state index is -0.340. The SMILES string of the molecule is CCOC1CCCN(Cc2cc(F)cc(C#N)c2)C1. The monoisotopic (exact) mass is 262 g/mol. The van der Waals surface area contributed by atoms with Crippen molar-refractivity contribution in [3.8, 4) is 6.07 Å². The van der Waals surface area contributed by atoms with Crippen molar-refractivity contribution in [2.45, 2.75) is 32.4 Å². The molecule has 1 saturated heterocycles. The van der Waals surface area contributed by atoms with E-state index in [0.717, 1.165) is 38.1 Å². The molecule has 2 rings (SSSR count). The van der Waals surface area contributed by atoms with Crippen molar-refractivity contribution in [1.29, 1.82) is 5.26 Å². The topological polar surface area (TPSA) is 36.3 Å². The van der Waals surface area contributed by atoms with Crippen molar-refractivity contribution in [2.24, 2.45) is 0 Å². The lowest BCUT2D eigenvalue weighted by Gasteiger charge is -2.32. The number of hydrogen-bond acceptors (Lipinski definition) is 3. The van der Waals surface area contributed by atoms with Gasteiger partial charge in [-0.2, -0.15) is 5.26 Å². The second-order valence-electron chi connectivity index (χ2n) is 4.91. The van der Waals surface area contributed by atoms with Crippen molar-refractivity contribution >= 4 is 0 Å². The van der Waals surface area contributed by atoms with E-state index in [2.05, 4.69) is 4.90 Å². The average Bonchev–Trinajstić information content (AvgIpc) is 2.39. The number of hydrogen-bond donors (Lipinski definition) is 0. The second kappa shape index (κ2) is 6.65. The summed E-state index contributed by atoms with van der Waals surface area (Å²) in [5.74, 6) is -0.340. The quantitative estimate of drug-likeness (QED) is 0.837. The molecule has 0 spiro atoms. The molecule has 4 heteroatoms. The van der Waals surface area contributed by atoms with Gasteiger partial charge in [-0.05, 0) is 50.1 Å². The van der Waals surface area contributed by atoms with Crippen LogP contribution in [0.4, 0.5) is 4.39 Å². The maximum absolute atomic E-state index is 13.4. The van der Waals surface area contributed by atoms with Crippen LogP contribution in [0.25, 0.3) is 0 Å². The number of likely N-dealkylation sites (tertiary alicyclic amines) is 1. The van der Waals surface area contributed by atoms with E-state index in [1.807, 2.05) is 13.0 Å². The highest BCUT2D eigenvalue weighted by molar-refractivity contribution is 5.33. The van der Waals surface area contributed by atoms with E-state index in [1.165, 1.54) is 12.1 Å². The van der Waals surface area contributed by atoms with E-state index in [1.54, 1.807) is 6.07 Å². The molecule has 1 fully saturated rings. The lowest BCUT2D eigenvalue weighted by molar-refractivity contribution is 0.00361. The maximum atomic E-state index is 13.4. The molecule has 0 N–H and O–H groups in total. The first-order valence-electron chi connectivity index (χ1n) is 6.74. The van der Waals surface area contributed by atoms with Gasteiger partial charge in [-0.25, -0.2) is 4.39 Å². The minimum absolute atomic E-state index is 0.280. The first kappa shape index (κ1) is 14.0. The Bertz CT molecular complexity index is 468. The Hall–Kier alpha value is -1.44. The van der Waals surface area contributed by atoms with Crippen LogP contribution in [0.1, 0.15) is 30.9 Å². The van der Waals surface area contributed by atoms with Crippen LogP contribution in [0.15, 0.2) is 18.2 Å². The first-order valence-corrected chi connectivity index (χ1v) is 6.74. The van der Waals surface area contributed by atoms with Crippen LogP contribution < -0.4 is 0 Å². The molecule has 3 nitrogen and oxygen atoms in total. The number of rotatable bonds is 4. The van der Waals surface area contributed by atoms with Gasteiger partial charge in [0.05, 0.1) is 17.7 Å². The molecular weight excluding hydrogens is 243 g/mol. The molecular formula is C15H19FN2O. The van der Waals surface area contributed by atoms with Gasteiger partial charge >= 0.3 is 0 Å². The summed E-state index contributed by atoms with van der Waals surface area (Å²) in [6.07, 6.45) is 2.48. The Labute approximate surface area is 113 Å². The summed E-state index contributed by atoms with van der Waals surface area (Å²) in [5, 5.41) is 8.85. The Morgan fingerprint density at radius 1 is 1.47 bits per heavy atom. The summed E-state index contributed by atoms with van der Waals surface area (Å²) < 4.78 is 19.0. The van der Waals surface area contributed by atoms with Crippen molar-refractivity contribution in [2.75, 3.05) is 19.7 Å². The van der Waals surface area contributed by atoms with Gasteiger partial charge in [0.2, 0.25) is 0 Å².